The molecule has 0 spiro atoms. The van der Waals surface area contributed by atoms with Crippen LogP contribution in [0.1, 0.15) is 44.5 Å². The first kappa shape index (κ1) is 20.5. The lowest BCUT2D eigenvalue weighted by molar-refractivity contribution is -0.146. The van der Waals surface area contributed by atoms with Crippen LogP contribution in [0.15, 0.2) is 24.3 Å². The molecule has 1 aromatic rings. The van der Waals surface area contributed by atoms with Gasteiger partial charge in [-0.25, -0.2) is 4.79 Å². The zero-order valence-electron chi connectivity index (χ0n) is 15.3. The summed E-state index contributed by atoms with van der Waals surface area (Å²) in [4.78, 5) is 35.4. The lowest BCUT2D eigenvalue weighted by Gasteiger charge is -2.19. The Balaban J connectivity index is 2.40. The third-order valence-corrected chi connectivity index (χ3v) is 3.05. The fraction of sp³-hybridized carbons (Fsp3) is 0.500. The number of hydrogen-bond acceptors (Lipinski definition) is 6. The summed E-state index contributed by atoms with van der Waals surface area (Å²) in [5.74, 6) is -0.254. The average Bonchev–Trinajstić information content (AvgIpc) is 2.52. The molecule has 1 aromatic carbocycles. The molecule has 0 aromatic heterocycles. The molecule has 0 aliphatic heterocycles. The number of carbonyl (C=O) groups is 3. The molecule has 0 bridgehead atoms. The lowest BCUT2D eigenvalue weighted by Crippen LogP contribution is -2.34. The Morgan fingerprint density at radius 1 is 1.12 bits per heavy atom. The molecule has 0 aliphatic rings. The van der Waals surface area contributed by atoms with Crippen molar-refractivity contribution < 1.29 is 28.6 Å². The lowest BCUT2D eigenvalue weighted by atomic mass is 10.1. The second-order valence-electron chi connectivity index (χ2n) is 6.40. The summed E-state index contributed by atoms with van der Waals surface area (Å²) in [5.41, 5.74) is -0.183. The standard InChI is InChI=1S/C18H25NO6/c1-12(16(21)13-6-8-14(23-5)9-7-13)24-15(20)10-11-19-17(22)25-18(2,3)4/h6-9,12H,10-11H2,1-5H3,(H,19,22)/t12-/m1/s1. The molecule has 25 heavy (non-hydrogen) atoms. The minimum atomic E-state index is -0.914. The highest BCUT2D eigenvalue weighted by Gasteiger charge is 2.20. The van der Waals surface area contributed by atoms with Gasteiger partial charge in [-0.15, -0.1) is 0 Å². The minimum absolute atomic E-state index is 0.0561. The van der Waals surface area contributed by atoms with Crippen molar-refractivity contribution >= 4 is 17.8 Å². The van der Waals surface area contributed by atoms with E-state index in [2.05, 4.69) is 5.32 Å². The number of alkyl carbamates (subject to hydrolysis) is 1. The van der Waals surface area contributed by atoms with E-state index in [1.54, 1.807) is 45.0 Å². The SMILES string of the molecule is COc1ccc(C(=O)[C@@H](C)OC(=O)CCNC(=O)OC(C)(C)C)cc1. The van der Waals surface area contributed by atoms with E-state index in [9.17, 15) is 14.4 Å². The number of amides is 1. The van der Waals surface area contributed by atoms with Crippen LogP contribution in [-0.4, -0.2) is 43.2 Å². The van der Waals surface area contributed by atoms with Crippen molar-refractivity contribution in [1.82, 2.24) is 5.32 Å². The first-order chi connectivity index (χ1) is 11.6. The zero-order valence-corrected chi connectivity index (χ0v) is 15.3. The van der Waals surface area contributed by atoms with Crippen LogP contribution in [0, 0.1) is 0 Å². The molecule has 1 amide bonds. The van der Waals surface area contributed by atoms with Crippen molar-refractivity contribution in [3.63, 3.8) is 0 Å². The normalized spacial score (nSPS) is 12.0. The van der Waals surface area contributed by atoms with Crippen molar-refractivity contribution in [3.05, 3.63) is 29.8 Å². The summed E-state index contributed by atoms with van der Waals surface area (Å²) < 4.78 is 15.2. The van der Waals surface area contributed by atoms with Crippen LogP contribution in [0.2, 0.25) is 0 Å². The molecule has 0 aliphatic carbocycles. The van der Waals surface area contributed by atoms with E-state index in [1.807, 2.05) is 0 Å². The van der Waals surface area contributed by atoms with Gasteiger partial charge in [0.25, 0.3) is 0 Å². The van der Waals surface area contributed by atoms with Crippen LogP contribution in [0.3, 0.4) is 0 Å². The molecular weight excluding hydrogens is 326 g/mol. The molecule has 7 heteroatoms. The molecule has 0 radical (unpaired) electrons. The number of methoxy groups -OCH3 is 1. The molecule has 0 saturated heterocycles. The van der Waals surface area contributed by atoms with Gasteiger partial charge >= 0.3 is 12.1 Å². The Morgan fingerprint density at radius 2 is 1.72 bits per heavy atom. The number of esters is 1. The van der Waals surface area contributed by atoms with Crippen LogP contribution in [0.25, 0.3) is 0 Å². The quantitative estimate of drug-likeness (QED) is 0.600. The van der Waals surface area contributed by atoms with E-state index in [4.69, 9.17) is 14.2 Å². The van der Waals surface area contributed by atoms with Gasteiger partial charge in [-0.1, -0.05) is 0 Å². The van der Waals surface area contributed by atoms with E-state index < -0.39 is 23.8 Å². The maximum atomic E-state index is 12.2. The van der Waals surface area contributed by atoms with Gasteiger partial charge in [0.2, 0.25) is 5.78 Å². The Bertz CT molecular complexity index is 603. The smallest absolute Gasteiger partial charge is 0.407 e. The van der Waals surface area contributed by atoms with E-state index in [0.717, 1.165) is 0 Å². The number of ether oxygens (including phenoxy) is 3. The molecule has 1 atom stereocenters. The summed E-state index contributed by atoms with van der Waals surface area (Å²) >= 11 is 0. The van der Waals surface area contributed by atoms with Gasteiger partial charge in [0.05, 0.1) is 13.5 Å². The van der Waals surface area contributed by atoms with E-state index in [0.29, 0.717) is 11.3 Å². The number of hydrogen-bond donors (Lipinski definition) is 1. The fourth-order valence-electron chi connectivity index (χ4n) is 1.88. The molecular formula is C18H25NO6. The molecule has 0 heterocycles. The average molecular weight is 351 g/mol. The molecule has 138 valence electrons. The Morgan fingerprint density at radius 3 is 2.24 bits per heavy atom. The largest absolute Gasteiger partial charge is 0.497 e. The molecule has 1 rings (SSSR count). The van der Waals surface area contributed by atoms with Gasteiger partial charge in [-0.3, -0.25) is 9.59 Å². The maximum absolute atomic E-state index is 12.2. The second kappa shape index (κ2) is 9.05. The highest BCUT2D eigenvalue weighted by molar-refractivity contribution is 6.00. The zero-order chi connectivity index (χ0) is 19.0. The number of benzene rings is 1. The van der Waals surface area contributed by atoms with Crippen molar-refractivity contribution in [2.24, 2.45) is 0 Å². The molecule has 1 N–H and O–H groups in total. The predicted molar refractivity (Wildman–Crippen MR) is 91.7 cm³/mol. The van der Waals surface area contributed by atoms with Crippen molar-refractivity contribution in [2.75, 3.05) is 13.7 Å². The Labute approximate surface area is 147 Å². The van der Waals surface area contributed by atoms with E-state index in [-0.39, 0.29) is 18.7 Å². The summed E-state index contributed by atoms with van der Waals surface area (Å²) in [7, 11) is 1.53. The van der Waals surface area contributed by atoms with Crippen LogP contribution in [0.4, 0.5) is 4.79 Å². The number of Topliss-reactive ketones (excluding diaryl/α,β-unsaturated/α-hetero) is 1. The molecule has 0 unspecified atom stereocenters. The van der Waals surface area contributed by atoms with Crippen LogP contribution >= 0.6 is 0 Å². The minimum Gasteiger partial charge on any atom is -0.497 e. The van der Waals surface area contributed by atoms with E-state index in [1.165, 1.54) is 14.0 Å². The summed E-state index contributed by atoms with van der Waals surface area (Å²) in [5, 5.41) is 2.46. The highest BCUT2D eigenvalue weighted by atomic mass is 16.6. The Hall–Kier alpha value is -2.57. The van der Waals surface area contributed by atoms with Crippen molar-refractivity contribution in [3.8, 4) is 5.75 Å². The van der Waals surface area contributed by atoms with Crippen molar-refractivity contribution in [2.45, 2.75) is 45.8 Å². The molecule has 0 saturated carbocycles. The van der Waals surface area contributed by atoms with Crippen LogP contribution in [-0.2, 0) is 14.3 Å². The predicted octanol–water partition coefficient (Wildman–Crippen LogP) is 2.72. The van der Waals surface area contributed by atoms with Crippen molar-refractivity contribution in [1.29, 1.82) is 0 Å². The topological polar surface area (TPSA) is 90.9 Å². The number of ketones is 1. The van der Waals surface area contributed by atoms with Gasteiger partial charge in [0.15, 0.2) is 6.10 Å². The first-order valence-corrected chi connectivity index (χ1v) is 7.97. The van der Waals surface area contributed by atoms with Crippen LogP contribution in [0.5, 0.6) is 5.75 Å². The Kier molecular flexibility index (Phi) is 7.42. The number of carbonyl (C=O) groups excluding carboxylic acids is 3. The van der Waals surface area contributed by atoms with E-state index >= 15 is 0 Å². The molecule has 0 fully saturated rings. The summed E-state index contributed by atoms with van der Waals surface area (Å²) in [6.45, 7) is 6.80. The molecule has 7 nitrogen and oxygen atoms in total. The van der Waals surface area contributed by atoms with Gasteiger partial charge in [0, 0.05) is 12.1 Å². The monoisotopic (exact) mass is 351 g/mol. The van der Waals surface area contributed by atoms with Gasteiger partial charge in [-0.2, -0.15) is 0 Å². The highest BCUT2D eigenvalue weighted by Crippen LogP contribution is 2.14. The van der Waals surface area contributed by atoms with Gasteiger partial charge in [0.1, 0.15) is 11.4 Å². The van der Waals surface area contributed by atoms with Gasteiger partial charge in [-0.05, 0) is 52.0 Å². The summed E-state index contributed by atoms with van der Waals surface area (Å²) in [6, 6.07) is 6.53. The summed E-state index contributed by atoms with van der Waals surface area (Å²) in [6.07, 6.45) is -1.58. The third kappa shape index (κ3) is 7.69. The second-order valence-corrected chi connectivity index (χ2v) is 6.40. The number of nitrogens with one attached hydrogen (secondary N) is 1. The fourth-order valence-corrected chi connectivity index (χ4v) is 1.88. The van der Waals surface area contributed by atoms with Crippen LogP contribution < -0.4 is 10.1 Å². The number of rotatable bonds is 7. The maximum Gasteiger partial charge on any atom is 0.407 e. The third-order valence-electron chi connectivity index (χ3n) is 3.05. The van der Waals surface area contributed by atoms with Gasteiger partial charge < -0.3 is 19.5 Å². The first-order valence-electron chi connectivity index (χ1n) is 7.97.